The summed E-state index contributed by atoms with van der Waals surface area (Å²) >= 11 is 0. The van der Waals surface area contributed by atoms with Crippen LogP contribution >= 0.6 is 0 Å². The molecule has 1 aromatic carbocycles. The van der Waals surface area contributed by atoms with E-state index in [1.807, 2.05) is 30.3 Å². The minimum absolute atomic E-state index is 0.0542. The van der Waals surface area contributed by atoms with Crippen molar-refractivity contribution in [2.75, 3.05) is 13.2 Å². The SMILES string of the molecule is CCCC1(C(=O)OCc2ccccc2)CCOCC1. The van der Waals surface area contributed by atoms with Crippen LogP contribution in [-0.4, -0.2) is 19.2 Å². The zero-order valence-corrected chi connectivity index (χ0v) is 11.6. The molecule has 0 bridgehead atoms. The van der Waals surface area contributed by atoms with Crippen molar-refractivity contribution < 1.29 is 14.3 Å². The van der Waals surface area contributed by atoms with E-state index in [0.717, 1.165) is 31.2 Å². The van der Waals surface area contributed by atoms with Gasteiger partial charge in [0.25, 0.3) is 0 Å². The van der Waals surface area contributed by atoms with E-state index in [9.17, 15) is 4.79 Å². The van der Waals surface area contributed by atoms with E-state index < -0.39 is 0 Å². The highest BCUT2D eigenvalue weighted by atomic mass is 16.5. The van der Waals surface area contributed by atoms with Crippen LogP contribution in [0.4, 0.5) is 0 Å². The molecule has 0 spiro atoms. The van der Waals surface area contributed by atoms with E-state index in [4.69, 9.17) is 9.47 Å². The van der Waals surface area contributed by atoms with Gasteiger partial charge >= 0.3 is 5.97 Å². The minimum Gasteiger partial charge on any atom is -0.460 e. The Labute approximate surface area is 114 Å². The lowest BCUT2D eigenvalue weighted by atomic mass is 9.76. The van der Waals surface area contributed by atoms with Gasteiger partial charge in [-0.2, -0.15) is 0 Å². The molecule has 1 aliphatic rings. The second-order valence-corrected chi connectivity index (χ2v) is 5.20. The second-order valence-electron chi connectivity index (χ2n) is 5.20. The van der Waals surface area contributed by atoms with Crippen molar-refractivity contribution in [3.8, 4) is 0 Å². The quantitative estimate of drug-likeness (QED) is 0.764. The van der Waals surface area contributed by atoms with Crippen molar-refractivity contribution in [3.05, 3.63) is 35.9 Å². The van der Waals surface area contributed by atoms with Gasteiger partial charge < -0.3 is 9.47 Å². The summed E-state index contributed by atoms with van der Waals surface area (Å²) in [6, 6.07) is 9.83. The van der Waals surface area contributed by atoms with E-state index >= 15 is 0 Å². The van der Waals surface area contributed by atoms with Crippen LogP contribution in [0.25, 0.3) is 0 Å². The molecule has 2 rings (SSSR count). The van der Waals surface area contributed by atoms with Crippen LogP contribution in [0.1, 0.15) is 38.2 Å². The molecular weight excluding hydrogens is 240 g/mol. The molecule has 104 valence electrons. The van der Waals surface area contributed by atoms with Gasteiger partial charge in [0.2, 0.25) is 0 Å². The topological polar surface area (TPSA) is 35.5 Å². The van der Waals surface area contributed by atoms with Gasteiger partial charge in [0.1, 0.15) is 6.61 Å². The largest absolute Gasteiger partial charge is 0.460 e. The van der Waals surface area contributed by atoms with E-state index in [2.05, 4.69) is 6.92 Å². The molecule has 1 aromatic rings. The Morgan fingerprint density at radius 2 is 1.95 bits per heavy atom. The average molecular weight is 262 g/mol. The maximum absolute atomic E-state index is 12.4. The van der Waals surface area contributed by atoms with Crippen molar-refractivity contribution in [2.45, 2.75) is 39.2 Å². The summed E-state index contributed by atoms with van der Waals surface area (Å²) in [6.45, 7) is 3.81. The molecule has 19 heavy (non-hydrogen) atoms. The lowest BCUT2D eigenvalue weighted by Crippen LogP contribution is -2.38. The molecule has 3 nitrogen and oxygen atoms in total. The summed E-state index contributed by atoms with van der Waals surface area (Å²) in [5, 5.41) is 0. The van der Waals surface area contributed by atoms with Gasteiger partial charge in [-0.15, -0.1) is 0 Å². The second kappa shape index (κ2) is 6.71. The number of rotatable bonds is 5. The third-order valence-electron chi connectivity index (χ3n) is 3.82. The Balaban J connectivity index is 1.96. The van der Waals surface area contributed by atoms with E-state index in [0.29, 0.717) is 19.8 Å². The molecule has 0 N–H and O–H groups in total. The fourth-order valence-corrected chi connectivity index (χ4v) is 2.67. The third kappa shape index (κ3) is 3.57. The summed E-state index contributed by atoms with van der Waals surface area (Å²) < 4.78 is 10.9. The Kier molecular flexibility index (Phi) is 4.97. The van der Waals surface area contributed by atoms with Crippen LogP contribution in [0.15, 0.2) is 30.3 Å². The molecule has 3 heteroatoms. The molecule has 1 aliphatic heterocycles. The van der Waals surface area contributed by atoms with Crippen LogP contribution < -0.4 is 0 Å². The van der Waals surface area contributed by atoms with Crippen LogP contribution in [0.5, 0.6) is 0 Å². The number of hydrogen-bond donors (Lipinski definition) is 0. The fourth-order valence-electron chi connectivity index (χ4n) is 2.67. The predicted molar refractivity (Wildman–Crippen MR) is 73.6 cm³/mol. The molecule has 1 fully saturated rings. The van der Waals surface area contributed by atoms with Gasteiger partial charge in [-0.1, -0.05) is 43.7 Å². The Morgan fingerprint density at radius 3 is 2.58 bits per heavy atom. The molecule has 0 aliphatic carbocycles. The molecule has 0 radical (unpaired) electrons. The number of hydrogen-bond acceptors (Lipinski definition) is 3. The lowest BCUT2D eigenvalue weighted by Gasteiger charge is -2.34. The van der Waals surface area contributed by atoms with Crippen molar-refractivity contribution in [3.63, 3.8) is 0 Å². The first kappa shape index (κ1) is 14.1. The summed E-state index contributed by atoms with van der Waals surface area (Å²) in [5.41, 5.74) is 0.719. The molecule has 0 unspecified atom stereocenters. The average Bonchev–Trinajstić information content (AvgIpc) is 2.47. The van der Waals surface area contributed by atoms with E-state index in [1.165, 1.54) is 0 Å². The lowest BCUT2D eigenvalue weighted by molar-refractivity contribution is -0.164. The van der Waals surface area contributed by atoms with Gasteiger partial charge in [-0.25, -0.2) is 0 Å². The summed E-state index contributed by atoms with van der Waals surface area (Å²) in [6.07, 6.45) is 3.47. The first-order chi connectivity index (χ1) is 9.27. The number of benzene rings is 1. The number of ether oxygens (including phenoxy) is 2. The van der Waals surface area contributed by atoms with Gasteiger partial charge in [0, 0.05) is 13.2 Å². The number of carbonyl (C=O) groups excluding carboxylic acids is 1. The van der Waals surface area contributed by atoms with Gasteiger partial charge in [-0.3, -0.25) is 4.79 Å². The minimum atomic E-state index is -0.318. The van der Waals surface area contributed by atoms with Gasteiger partial charge in [-0.05, 0) is 24.8 Å². The van der Waals surface area contributed by atoms with Crippen molar-refractivity contribution in [1.82, 2.24) is 0 Å². The van der Waals surface area contributed by atoms with Crippen molar-refractivity contribution in [1.29, 1.82) is 0 Å². The van der Waals surface area contributed by atoms with Gasteiger partial charge in [0.05, 0.1) is 5.41 Å². The highest BCUT2D eigenvalue weighted by molar-refractivity contribution is 5.77. The molecule has 1 heterocycles. The fraction of sp³-hybridized carbons (Fsp3) is 0.562. The molecule has 0 saturated carbocycles. The third-order valence-corrected chi connectivity index (χ3v) is 3.82. The smallest absolute Gasteiger partial charge is 0.312 e. The highest BCUT2D eigenvalue weighted by Crippen LogP contribution is 2.36. The molecule has 0 aromatic heterocycles. The first-order valence-electron chi connectivity index (χ1n) is 7.06. The Bertz CT molecular complexity index is 388. The summed E-state index contributed by atoms with van der Waals surface area (Å²) in [4.78, 5) is 12.4. The van der Waals surface area contributed by atoms with Crippen LogP contribution in [-0.2, 0) is 20.9 Å². The van der Waals surface area contributed by atoms with Crippen LogP contribution in [0.3, 0.4) is 0 Å². The monoisotopic (exact) mass is 262 g/mol. The number of esters is 1. The standard InChI is InChI=1S/C16H22O3/c1-2-8-16(9-11-18-12-10-16)15(17)19-13-14-6-4-3-5-7-14/h3-7H,2,8-13H2,1H3. The zero-order chi connectivity index (χ0) is 13.6. The zero-order valence-electron chi connectivity index (χ0n) is 11.6. The predicted octanol–water partition coefficient (Wildman–Crippen LogP) is 3.33. The van der Waals surface area contributed by atoms with E-state index in [-0.39, 0.29) is 11.4 Å². The maximum Gasteiger partial charge on any atom is 0.312 e. The van der Waals surface area contributed by atoms with Crippen molar-refractivity contribution in [2.24, 2.45) is 5.41 Å². The van der Waals surface area contributed by atoms with Crippen LogP contribution in [0.2, 0.25) is 0 Å². The summed E-state index contributed by atoms with van der Waals surface area (Å²) in [7, 11) is 0. The van der Waals surface area contributed by atoms with Crippen molar-refractivity contribution >= 4 is 5.97 Å². The highest BCUT2D eigenvalue weighted by Gasteiger charge is 2.40. The van der Waals surface area contributed by atoms with Crippen LogP contribution in [0, 0.1) is 5.41 Å². The normalized spacial score (nSPS) is 17.9. The molecule has 0 atom stereocenters. The molecular formula is C16H22O3. The van der Waals surface area contributed by atoms with Gasteiger partial charge in [0.15, 0.2) is 0 Å². The first-order valence-corrected chi connectivity index (χ1v) is 7.06. The molecule has 0 amide bonds. The maximum atomic E-state index is 12.4. The number of carbonyl (C=O) groups is 1. The summed E-state index contributed by atoms with van der Waals surface area (Å²) in [5.74, 6) is -0.0542. The Hall–Kier alpha value is -1.35. The van der Waals surface area contributed by atoms with E-state index in [1.54, 1.807) is 0 Å². The Morgan fingerprint density at radius 1 is 1.26 bits per heavy atom. The molecule has 1 saturated heterocycles.